The molecule has 0 aliphatic heterocycles. The molecule has 0 aliphatic carbocycles. The summed E-state index contributed by atoms with van der Waals surface area (Å²) < 4.78 is 0. The van der Waals surface area contributed by atoms with Crippen molar-refractivity contribution in [3.8, 4) is 0 Å². The Bertz CT molecular complexity index is 663. The molecule has 7 nitrogen and oxygen atoms in total. The van der Waals surface area contributed by atoms with Crippen molar-refractivity contribution in [3.63, 3.8) is 0 Å². The van der Waals surface area contributed by atoms with Crippen molar-refractivity contribution in [1.82, 2.24) is 20.3 Å². The normalized spacial score (nSPS) is 11.9. The number of thioether (sulfide) groups is 1. The predicted molar refractivity (Wildman–Crippen MR) is 87.3 cm³/mol. The van der Waals surface area contributed by atoms with Crippen LogP contribution in [0.25, 0.3) is 0 Å². The van der Waals surface area contributed by atoms with Gasteiger partial charge in [-0.15, -0.1) is 0 Å². The summed E-state index contributed by atoms with van der Waals surface area (Å²) in [5, 5.41) is 3.32. The zero-order chi connectivity index (χ0) is 16.1. The fourth-order valence-electron chi connectivity index (χ4n) is 1.62. The summed E-state index contributed by atoms with van der Waals surface area (Å²) in [5.74, 6) is -0.111. The average Bonchev–Trinajstić information content (AvgIpc) is 2.45. The van der Waals surface area contributed by atoms with Crippen molar-refractivity contribution >= 4 is 41.2 Å². The van der Waals surface area contributed by atoms with Gasteiger partial charge in [0.25, 0.3) is 0 Å². The number of halogens is 1. The maximum absolute atomic E-state index is 12.1. The van der Waals surface area contributed by atoms with Crippen LogP contribution >= 0.6 is 23.4 Å². The number of nitrogens with two attached hydrogens (primary N) is 2. The molecule has 1 aromatic carbocycles. The van der Waals surface area contributed by atoms with E-state index in [0.29, 0.717) is 16.7 Å². The monoisotopic (exact) mass is 338 g/mol. The smallest absolute Gasteiger partial charge is 0.233 e. The molecule has 116 valence electrons. The van der Waals surface area contributed by atoms with Gasteiger partial charge in [-0.3, -0.25) is 4.79 Å². The topological polar surface area (TPSA) is 120 Å². The fourth-order valence-corrected chi connectivity index (χ4v) is 2.62. The Balaban J connectivity index is 1.93. The van der Waals surface area contributed by atoms with Crippen LogP contribution in [0.5, 0.6) is 0 Å². The average molecular weight is 339 g/mol. The van der Waals surface area contributed by atoms with Gasteiger partial charge in [0.2, 0.25) is 17.8 Å². The van der Waals surface area contributed by atoms with E-state index in [1.807, 2.05) is 18.2 Å². The minimum atomic E-state index is -0.413. The van der Waals surface area contributed by atoms with Crippen molar-refractivity contribution in [2.75, 3.05) is 11.5 Å². The van der Waals surface area contributed by atoms with Crippen LogP contribution in [-0.4, -0.2) is 26.1 Å². The van der Waals surface area contributed by atoms with Crippen molar-refractivity contribution in [1.29, 1.82) is 0 Å². The maximum Gasteiger partial charge on any atom is 0.233 e. The van der Waals surface area contributed by atoms with E-state index < -0.39 is 5.25 Å². The number of nitrogens with one attached hydrogen (secondary N) is 1. The Kier molecular flexibility index (Phi) is 5.40. The molecule has 1 aromatic heterocycles. The van der Waals surface area contributed by atoms with Crippen LogP contribution < -0.4 is 16.8 Å². The summed E-state index contributed by atoms with van der Waals surface area (Å²) in [7, 11) is 0. The minimum absolute atomic E-state index is 0.0266. The first-order valence-corrected chi connectivity index (χ1v) is 7.66. The summed E-state index contributed by atoms with van der Waals surface area (Å²) >= 11 is 7.19. The molecule has 0 bridgehead atoms. The largest absolute Gasteiger partial charge is 0.368 e. The lowest BCUT2D eigenvalue weighted by atomic mass is 10.2. The van der Waals surface area contributed by atoms with E-state index in [9.17, 15) is 4.79 Å². The van der Waals surface area contributed by atoms with Gasteiger partial charge < -0.3 is 16.8 Å². The molecule has 0 spiro atoms. The molecule has 2 rings (SSSR count). The fraction of sp³-hybridized carbons (Fsp3) is 0.231. The first-order valence-electron chi connectivity index (χ1n) is 6.40. The van der Waals surface area contributed by atoms with E-state index in [4.69, 9.17) is 23.1 Å². The molecule has 0 saturated carbocycles. The van der Waals surface area contributed by atoms with Gasteiger partial charge in [0, 0.05) is 11.6 Å². The van der Waals surface area contributed by atoms with Crippen LogP contribution in [0, 0.1) is 0 Å². The van der Waals surface area contributed by atoms with Crippen molar-refractivity contribution in [3.05, 3.63) is 34.9 Å². The van der Waals surface area contributed by atoms with E-state index in [1.54, 1.807) is 13.0 Å². The molecule has 1 heterocycles. The van der Waals surface area contributed by atoms with Crippen LogP contribution in [0.2, 0.25) is 5.02 Å². The number of carbonyl (C=O) groups excluding carboxylic acids is 1. The first kappa shape index (κ1) is 16.3. The van der Waals surface area contributed by atoms with E-state index in [0.717, 1.165) is 17.3 Å². The molecule has 1 unspecified atom stereocenters. The van der Waals surface area contributed by atoms with E-state index in [-0.39, 0.29) is 17.8 Å². The number of rotatable bonds is 5. The molecular weight excluding hydrogens is 324 g/mol. The van der Waals surface area contributed by atoms with Crippen molar-refractivity contribution in [2.45, 2.75) is 23.9 Å². The second-order valence-electron chi connectivity index (χ2n) is 4.40. The molecule has 0 saturated heterocycles. The maximum atomic E-state index is 12.1. The van der Waals surface area contributed by atoms with Crippen LogP contribution in [0.4, 0.5) is 11.9 Å². The lowest BCUT2D eigenvalue weighted by Gasteiger charge is -2.12. The number of nitrogen functional groups attached to an aromatic ring is 2. The third-order valence-corrected chi connectivity index (χ3v) is 4.04. The molecular formula is C13H15ClN6OS. The zero-order valence-corrected chi connectivity index (χ0v) is 13.4. The number of aromatic nitrogens is 3. The van der Waals surface area contributed by atoms with Gasteiger partial charge in [-0.05, 0) is 18.6 Å². The Morgan fingerprint density at radius 3 is 2.55 bits per heavy atom. The summed E-state index contributed by atoms with van der Waals surface area (Å²) in [6.45, 7) is 2.09. The Hall–Kier alpha value is -2.06. The molecule has 2 aromatic rings. The first-order chi connectivity index (χ1) is 10.5. The highest BCUT2D eigenvalue weighted by atomic mass is 35.5. The number of anilines is 2. The SMILES string of the molecule is CC(Sc1nc(N)nc(N)n1)C(=O)NCc1ccccc1Cl. The summed E-state index contributed by atoms with van der Waals surface area (Å²) in [5.41, 5.74) is 11.8. The van der Waals surface area contributed by atoms with Gasteiger partial charge in [0.05, 0.1) is 5.25 Å². The van der Waals surface area contributed by atoms with Gasteiger partial charge in [-0.25, -0.2) is 0 Å². The van der Waals surface area contributed by atoms with Crippen molar-refractivity contribution < 1.29 is 4.79 Å². The molecule has 9 heteroatoms. The number of carbonyl (C=O) groups is 1. The van der Waals surface area contributed by atoms with Crippen LogP contribution in [0.1, 0.15) is 12.5 Å². The van der Waals surface area contributed by atoms with Gasteiger partial charge in [0.1, 0.15) is 0 Å². The minimum Gasteiger partial charge on any atom is -0.368 e. The molecule has 22 heavy (non-hydrogen) atoms. The molecule has 1 atom stereocenters. The van der Waals surface area contributed by atoms with Gasteiger partial charge in [-0.2, -0.15) is 15.0 Å². The van der Waals surface area contributed by atoms with Crippen molar-refractivity contribution in [2.24, 2.45) is 0 Å². The summed E-state index contributed by atoms with van der Waals surface area (Å²) in [6, 6.07) is 7.33. The highest BCUT2D eigenvalue weighted by Crippen LogP contribution is 2.21. The third-order valence-electron chi connectivity index (χ3n) is 2.71. The highest BCUT2D eigenvalue weighted by Gasteiger charge is 2.17. The van der Waals surface area contributed by atoms with E-state index in [2.05, 4.69) is 20.3 Å². The summed E-state index contributed by atoms with van der Waals surface area (Å²) in [4.78, 5) is 23.6. The van der Waals surface area contributed by atoms with Gasteiger partial charge in [-0.1, -0.05) is 41.6 Å². The number of amides is 1. The number of nitrogens with zero attached hydrogens (tertiary/aromatic N) is 3. The van der Waals surface area contributed by atoms with Gasteiger partial charge in [0.15, 0.2) is 5.16 Å². The number of hydrogen-bond acceptors (Lipinski definition) is 7. The lowest BCUT2D eigenvalue weighted by molar-refractivity contribution is -0.120. The lowest BCUT2D eigenvalue weighted by Crippen LogP contribution is -2.30. The Morgan fingerprint density at radius 1 is 1.27 bits per heavy atom. The van der Waals surface area contributed by atoms with Crippen LogP contribution in [0.3, 0.4) is 0 Å². The highest BCUT2D eigenvalue weighted by molar-refractivity contribution is 8.00. The molecule has 1 amide bonds. The van der Waals surface area contributed by atoms with E-state index >= 15 is 0 Å². The molecule has 0 fully saturated rings. The van der Waals surface area contributed by atoms with Gasteiger partial charge >= 0.3 is 0 Å². The molecule has 5 N–H and O–H groups in total. The van der Waals surface area contributed by atoms with E-state index in [1.165, 1.54) is 0 Å². The summed E-state index contributed by atoms with van der Waals surface area (Å²) in [6.07, 6.45) is 0. The second kappa shape index (κ2) is 7.28. The predicted octanol–water partition coefficient (Wildman–Crippen LogP) is 1.49. The molecule has 0 aliphatic rings. The molecule has 0 radical (unpaired) electrons. The zero-order valence-electron chi connectivity index (χ0n) is 11.8. The van der Waals surface area contributed by atoms with Crippen LogP contribution in [0.15, 0.2) is 29.4 Å². The second-order valence-corrected chi connectivity index (χ2v) is 6.12. The number of hydrogen-bond donors (Lipinski definition) is 3. The standard InChI is InChI=1S/C13H15ClN6OS/c1-7(22-13-19-11(15)18-12(16)20-13)10(21)17-6-8-4-2-3-5-9(8)14/h2-5,7H,6H2,1H3,(H,17,21)(H4,15,16,18,19,20). The number of benzene rings is 1. The van der Waals surface area contributed by atoms with Crippen LogP contribution in [-0.2, 0) is 11.3 Å². The third kappa shape index (κ3) is 4.47. The Morgan fingerprint density at radius 2 is 1.91 bits per heavy atom. The quantitative estimate of drug-likeness (QED) is 0.706. The Labute approximate surface area is 136 Å².